The molecule has 0 aliphatic rings. The van der Waals surface area contributed by atoms with Crippen molar-refractivity contribution in [1.82, 2.24) is 24.0 Å². The van der Waals surface area contributed by atoms with Gasteiger partial charge in [0, 0.05) is 27.2 Å². The van der Waals surface area contributed by atoms with Crippen molar-refractivity contribution >= 4 is 11.2 Å². The number of aliphatic hydroxyl groups excluding tert-OH is 1. The van der Waals surface area contributed by atoms with Crippen LogP contribution in [0.1, 0.15) is 135 Å². The second kappa shape index (κ2) is 20.9. The molecule has 2 heterocycles. The number of nitrogens with zero attached hydrogens (tertiary/aromatic N) is 4. The number of hydrogen-bond donors (Lipinski definition) is 2. The van der Waals surface area contributed by atoms with Crippen LogP contribution in [0.3, 0.4) is 0 Å². The molecule has 8 nitrogen and oxygen atoms in total. The van der Waals surface area contributed by atoms with Crippen LogP contribution in [0, 0.1) is 0 Å². The van der Waals surface area contributed by atoms with Gasteiger partial charge in [0.2, 0.25) is 0 Å². The second-order valence-electron chi connectivity index (χ2n) is 11.8. The van der Waals surface area contributed by atoms with Gasteiger partial charge in [-0.3, -0.25) is 13.9 Å². The van der Waals surface area contributed by atoms with E-state index in [0.29, 0.717) is 24.3 Å². The van der Waals surface area contributed by atoms with Gasteiger partial charge >= 0.3 is 5.69 Å². The highest BCUT2D eigenvalue weighted by atomic mass is 16.3. The van der Waals surface area contributed by atoms with Gasteiger partial charge in [-0.05, 0) is 25.8 Å². The Bertz CT molecular complexity index is 1040. The monoisotopic (exact) mass is 561 g/mol. The van der Waals surface area contributed by atoms with Crippen molar-refractivity contribution in [3.8, 4) is 0 Å². The summed E-state index contributed by atoms with van der Waals surface area (Å²) in [6, 6.07) is 0. The molecule has 0 aliphatic carbocycles. The van der Waals surface area contributed by atoms with E-state index in [0.717, 1.165) is 51.5 Å². The van der Waals surface area contributed by atoms with E-state index >= 15 is 0 Å². The van der Waals surface area contributed by atoms with Crippen molar-refractivity contribution in [2.24, 2.45) is 14.1 Å². The number of rotatable bonds is 25. The zero-order chi connectivity index (χ0) is 29.0. The van der Waals surface area contributed by atoms with E-state index in [1.54, 1.807) is 25.0 Å². The lowest BCUT2D eigenvalue weighted by Gasteiger charge is -2.12. The summed E-state index contributed by atoms with van der Waals surface area (Å²) in [5.41, 5.74) is 0.372. The fraction of sp³-hybridized carbons (Fsp3) is 0.844. The average Bonchev–Trinajstić information content (AvgIpc) is 3.34. The standard InChI is InChI=1S/C32H59N5O3/c1-4-5-6-7-8-9-10-11-12-15-18-21-24-33-26-28(38)23-20-17-14-13-16-19-22-25-37-31(39)29-30(34-27-35(29)2)36(3)32(37)40/h27-28,33,38H,4-26H2,1-3H3. The largest absolute Gasteiger partial charge is 0.392 e. The zero-order valence-electron chi connectivity index (χ0n) is 26.0. The van der Waals surface area contributed by atoms with Gasteiger partial charge in [0.15, 0.2) is 11.2 Å². The molecule has 0 bridgehead atoms. The molecule has 8 heteroatoms. The Hall–Kier alpha value is -1.93. The lowest BCUT2D eigenvalue weighted by atomic mass is 10.1. The molecule has 1 unspecified atom stereocenters. The van der Waals surface area contributed by atoms with Crippen molar-refractivity contribution in [3.63, 3.8) is 0 Å². The highest BCUT2D eigenvalue weighted by Crippen LogP contribution is 2.13. The maximum atomic E-state index is 12.7. The molecule has 0 amide bonds. The van der Waals surface area contributed by atoms with Gasteiger partial charge in [0.05, 0.1) is 12.4 Å². The summed E-state index contributed by atoms with van der Waals surface area (Å²) in [5.74, 6) is 0. The van der Waals surface area contributed by atoms with Gasteiger partial charge in [-0.25, -0.2) is 9.78 Å². The Kier molecular flexibility index (Phi) is 17.9. The molecular formula is C32H59N5O3. The number of aryl methyl sites for hydroxylation is 2. The predicted octanol–water partition coefficient (Wildman–Crippen LogP) is 6.21. The minimum absolute atomic E-state index is 0.241. The molecule has 0 aliphatic heterocycles. The zero-order valence-corrected chi connectivity index (χ0v) is 26.0. The van der Waals surface area contributed by atoms with Gasteiger partial charge in [-0.15, -0.1) is 0 Å². The summed E-state index contributed by atoms with van der Waals surface area (Å²) in [6.07, 6.45) is 26.1. The van der Waals surface area contributed by atoms with E-state index in [1.807, 2.05) is 0 Å². The van der Waals surface area contributed by atoms with E-state index in [4.69, 9.17) is 0 Å². The molecule has 2 aromatic rings. The van der Waals surface area contributed by atoms with E-state index in [1.165, 1.54) is 92.6 Å². The first kappa shape index (κ1) is 34.3. The van der Waals surface area contributed by atoms with Crippen LogP contribution in [0.4, 0.5) is 0 Å². The number of unbranched alkanes of at least 4 members (excludes halogenated alkanes) is 17. The first-order valence-electron chi connectivity index (χ1n) is 16.5. The summed E-state index contributed by atoms with van der Waals surface area (Å²) in [4.78, 5) is 29.5. The molecule has 0 spiro atoms. The number of nitrogens with one attached hydrogen (secondary N) is 1. The summed E-state index contributed by atoms with van der Waals surface area (Å²) < 4.78 is 4.48. The number of fused-ring (bicyclic) bond motifs is 1. The van der Waals surface area contributed by atoms with E-state index in [2.05, 4.69) is 17.2 Å². The Balaban J connectivity index is 1.38. The summed E-state index contributed by atoms with van der Waals surface area (Å²) in [6.45, 7) is 4.45. The van der Waals surface area contributed by atoms with Crippen molar-refractivity contribution in [1.29, 1.82) is 0 Å². The highest BCUT2D eigenvalue weighted by Gasteiger charge is 2.14. The lowest BCUT2D eigenvalue weighted by Crippen LogP contribution is -2.39. The van der Waals surface area contributed by atoms with Crippen LogP contribution in [-0.4, -0.2) is 43.0 Å². The molecule has 0 aromatic carbocycles. The van der Waals surface area contributed by atoms with Gasteiger partial charge in [-0.2, -0.15) is 0 Å². The van der Waals surface area contributed by atoms with E-state index in [9.17, 15) is 14.7 Å². The van der Waals surface area contributed by atoms with Crippen LogP contribution in [0.5, 0.6) is 0 Å². The Labute approximate surface area is 242 Å². The Morgan fingerprint density at radius 2 is 1.30 bits per heavy atom. The third-order valence-corrected chi connectivity index (χ3v) is 8.21. The van der Waals surface area contributed by atoms with Crippen LogP contribution < -0.4 is 16.6 Å². The average molecular weight is 562 g/mol. The quantitative estimate of drug-likeness (QED) is 0.141. The second-order valence-corrected chi connectivity index (χ2v) is 11.8. The number of aromatic nitrogens is 4. The van der Waals surface area contributed by atoms with Gasteiger partial charge in [0.25, 0.3) is 5.56 Å². The van der Waals surface area contributed by atoms with Crippen molar-refractivity contribution < 1.29 is 5.11 Å². The SMILES string of the molecule is CCCCCCCCCCCCCCNCC(O)CCCCCCCCCn1c(=O)c2c(ncn2C)n(C)c1=O. The van der Waals surface area contributed by atoms with E-state index in [-0.39, 0.29) is 17.4 Å². The molecule has 0 radical (unpaired) electrons. The Morgan fingerprint density at radius 3 is 1.90 bits per heavy atom. The van der Waals surface area contributed by atoms with Gasteiger partial charge in [0.1, 0.15) is 0 Å². The molecular weight excluding hydrogens is 502 g/mol. The first-order valence-corrected chi connectivity index (χ1v) is 16.5. The molecule has 1 atom stereocenters. The van der Waals surface area contributed by atoms with Crippen LogP contribution in [0.2, 0.25) is 0 Å². The van der Waals surface area contributed by atoms with E-state index < -0.39 is 0 Å². The molecule has 2 N–H and O–H groups in total. The van der Waals surface area contributed by atoms with Crippen molar-refractivity contribution in [2.45, 2.75) is 148 Å². The molecule has 0 saturated heterocycles. The first-order chi connectivity index (χ1) is 19.5. The van der Waals surface area contributed by atoms with Crippen molar-refractivity contribution in [2.75, 3.05) is 13.1 Å². The lowest BCUT2D eigenvalue weighted by molar-refractivity contribution is 0.158. The maximum Gasteiger partial charge on any atom is 0.332 e. The van der Waals surface area contributed by atoms with Crippen LogP contribution in [0.15, 0.2) is 15.9 Å². The fourth-order valence-electron chi connectivity index (χ4n) is 5.59. The van der Waals surface area contributed by atoms with Gasteiger partial charge < -0.3 is 15.0 Å². The maximum absolute atomic E-state index is 12.7. The van der Waals surface area contributed by atoms with Crippen LogP contribution in [0.25, 0.3) is 11.2 Å². The number of hydrogen-bond acceptors (Lipinski definition) is 5. The molecule has 2 rings (SSSR count). The predicted molar refractivity (Wildman–Crippen MR) is 167 cm³/mol. The van der Waals surface area contributed by atoms with Gasteiger partial charge in [-0.1, -0.05) is 116 Å². The number of imidazole rings is 1. The molecule has 40 heavy (non-hydrogen) atoms. The minimum Gasteiger partial charge on any atom is -0.392 e. The molecule has 0 fully saturated rings. The normalized spacial score (nSPS) is 12.5. The topological polar surface area (TPSA) is 94.1 Å². The fourth-order valence-corrected chi connectivity index (χ4v) is 5.59. The van der Waals surface area contributed by atoms with Crippen LogP contribution in [-0.2, 0) is 20.6 Å². The Morgan fingerprint density at radius 1 is 0.775 bits per heavy atom. The number of aliphatic hydroxyl groups is 1. The van der Waals surface area contributed by atoms with Crippen LogP contribution >= 0.6 is 0 Å². The molecule has 2 aromatic heterocycles. The smallest absolute Gasteiger partial charge is 0.332 e. The molecule has 230 valence electrons. The molecule has 0 saturated carbocycles. The third-order valence-electron chi connectivity index (χ3n) is 8.21. The summed E-state index contributed by atoms with van der Waals surface area (Å²) in [5, 5.41) is 13.7. The minimum atomic E-state index is -0.293. The summed E-state index contributed by atoms with van der Waals surface area (Å²) in [7, 11) is 3.45. The van der Waals surface area contributed by atoms with Crippen molar-refractivity contribution in [3.05, 3.63) is 27.2 Å². The highest BCUT2D eigenvalue weighted by molar-refractivity contribution is 5.69. The summed E-state index contributed by atoms with van der Waals surface area (Å²) >= 11 is 0. The third kappa shape index (κ3) is 12.7.